The highest BCUT2D eigenvalue weighted by Crippen LogP contribution is 2.40. The van der Waals surface area contributed by atoms with Crippen LogP contribution in [0.4, 0.5) is 35.1 Å². The van der Waals surface area contributed by atoms with Crippen LogP contribution in [0.15, 0.2) is 72.8 Å². The molecule has 1 atom stereocenters. The number of alkyl halides is 6. The van der Waals surface area contributed by atoms with Gasteiger partial charge in [-0.3, -0.25) is 28.3 Å². The van der Waals surface area contributed by atoms with Crippen LogP contribution in [-0.2, 0) is 21.9 Å². The van der Waals surface area contributed by atoms with Gasteiger partial charge in [0.05, 0.1) is 33.8 Å². The van der Waals surface area contributed by atoms with Gasteiger partial charge in [-0.15, -0.1) is 0 Å². The zero-order valence-corrected chi connectivity index (χ0v) is 31.9. The number of aromatic nitrogens is 2. The lowest BCUT2D eigenvalue weighted by Crippen LogP contribution is -2.16. The summed E-state index contributed by atoms with van der Waals surface area (Å²) in [6, 6.07) is 11.0. The van der Waals surface area contributed by atoms with Gasteiger partial charge in [0, 0.05) is 46.6 Å². The van der Waals surface area contributed by atoms with Crippen molar-refractivity contribution < 1.29 is 74.4 Å². The number of carbonyl (C=O) groups is 4. The molecule has 60 heavy (non-hydrogen) atoms. The Labute approximate surface area is 334 Å². The lowest BCUT2D eigenvalue weighted by Gasteiger charge is -2.14. The number of phenols is 2. The molecule has 3 N–H and O–H groups in total. The average Bonchev–Trinajstić information content (AvgIpc) is 3.58. The van der Waals surface area contributed by atoms with E-state index in [0.29, 0.717) is 6.42 Å². The number of ether oxygens (including phenoxy) is 1. The molecule has 6 rings (SSSR count). The van der Waals surface area contributed by atoms with Crippen molar-refractivity contribution in [1.82, 2.24) is 9.13 Å². The molecule has 4 aromatic carbocycles. The molecule has 0 saturated carbocycles. The SMILES string of the molecule is CC(=O)Oc1c(C)n(C(=O)c2ccc(C(F)(F)F)cc2)c2cc(F)c(O)cc12.CCCCC(C(=O)O)c1c(C)n(C(=O)c2ccc(C(F)(F)F)cc2)c2cc(F)c(O)cc12. The lowest BCUT2D eigenvalue weighted by molar-refractivity contribution is -0.139. The summed E-state index contributed by atoms with van der Waals surface area (Å²) in [5.41, 5.74) is -1.39. The van der Waals surface area contributed by atoms with E-state index < -0.39 is 76.3 Å². The molecule has 10 nitrogen and oxygen atoms in total. The first-order chi connectivity index (χ1) is 28.0. The van der Waals surface area contributed by atoms with E-state index in [0.717, 1.165) is 95.3 Å². The molecule has 0 spiro atoms. The van der Waals surface area contributed by atoms with Gasteiger partial charge in [0.15, 0.2) is 28.9 Å². The molecule has 6 aromatic rings. The largest absolute Gasteiger partial charge is 0.505 e. The number of hydrogen-bond acceptors (Lipinski definition) is 7. The molecule has 0 fully saturated rings. The summed E-state index contributed by atoms with van der Waals surface area (Å²) in [6.45, 7) is 5.94. The maximum Gasteiger partial charge on any atom is 0.416 e. The summed E-state index contributed by atoms with van der Waals surface area (Å²) in [4.78, 5) is 49.5. The van der Waals surface area contributed by atoms with Gasteiger partial charge in [-0.05, 0) is 86.5 Å². The van der Waals surface area contributed by atoms with Gasteiger partial charge in [-0.2, -0.15) is 26.3 Å². The Morgan fingerprint density at radius 2 is 1.10 bits per heavy atom. The molecule has 18 heteroatoms. The van der Waals surface area contributed by atoms with Crippen molar-refractivity contribution in [1.29, 1.82) is 0 Å². The summed E-state index contributed by atoms with van der Waals surface area (Å²) in [6.07, 6.45) is -7.55. The molecule has 0 amide bonds. The zero-order chi connectivity index (χ0) is 44.6. The number of phenolic OH excluding ortho intramolecular Hbond substituents is 2. The van der Waals surface area contributed by atoms with E-state index in [1.54, 1.807) is 0 Å². The molecule has 0 radical (unpaired) electrons. The molecule has 316 valence electrons. The molecule has 0 saturated heterocycles. The van der Waals surface area contributed by atoms with Gasteiger partial charge in [-0.1, -0.05) is 19.8 Å². The van der Waals surface area contributed by atoms with Crippen LogP contribution in [0.25, 0.3) is 21.8 Å². The van der Waals surface area contributed by atoms with Crippen LogP contribution in [0.1, 0.15) is 87.8 Å². The van der Waals surface area contributed by atoms with Crippen molar-refractivity contribution in [2.45, 2.75) is 65.2 Å². The highest BCUT2D eigenvalue weighted by atomic mass is 19.4. The predicted molar refractivity (Wildman–Crippen MR) is 200 cm³/mol. The van der Waals surface area contributed by atoms with Crippen molar-refractivity contribution in [2.24, 2.45) is 0 Å². The van der Waals surface area contributed by atoms with Crippen LogP contribution in [0.3, 0.4) is 0 Å². The van der Waals surface area contributed by atoms with E-state index in [2.05, 4.69) is 0 Å². The van der Waals surface area contributed by atoms with Crippen LogP contribution in [0.2, 0.25) is 0 Å². The smallest absolute Gasteiger partial charge is 0.416 e. The second-order valence-corrected chi connectivity index (χ2v) is 13.6. The number of benzene rings is 4. The second kappa shape index (κ2) is 16.9. The topological polar surface area (TPSA) is 148 Å². The molecular weight excluding hydrogens is 812 g/mol. The molecule has 2 aromatic heterocycles. The number of carboxylic acids is 1. The minimum absolute atomic E-state index is 0.00560. The number of hydrogen-bond donors (Lipinski definition) is 3. The number of halogens is 8. The Bertz CT molecular complexity index is 2640. The first kappa shape index (κ1) is 44.4. The molecule has 0 aliphatic carbocycles. The van der Waals surface area contributed by atoms with Crippen LogP contribution in [0.5, 0.6) is 17.2 Å². The number of nitrogens with zero attached hydrogens (tertiary/aromatic N) is 2. The third-order valence-electron chi connectivity index (χ3n) is 9.60. The quantitative estimate of drug-likeness (QED) is 0.101. The van der Waals surface area contributed by atoms with Crippen molar-refractivity contribution >= 4 is 45.6 Å². The van der Waals surface area contributed by atoms with E-state index in [-0.39, 0.29) is 62.1 Å². The predicted octanol–water partition coefficient (Wildman–Crippen LogP) is 10.3. The van der Waals surface area contributed by atoms with Gasteiger partial charge in [-0.25, -0.2) is 8.78 Å². The Morgan fingerprint density at radius 3 is 1.50 bits per heavy atom. The normalized spacial score (nSPS) is 12.3. The first-order valence-corrected chi connectivity index (χ1v) is 17.9. The third kappa shape index (κ3) is 8.81. The van der Waals surface area contributed by atoms with E-state index >= 15 is 0 Å². The molecular formula is C42H34F8N2O8. The number of aliphatic carboxylic acids is 1. The van der Waals surface area contributed by atoms with Gasteiger partial charge >= 0.3 is 24.3 Å². The monoisotopic (exact) mass is 846 g/mol. The van der Waals surface area contributed by atoms with Crippen LogP contribution in [-0.4, -0.2) is 48.2 Å². The molecule has 1 unspecified atom stereocenters. The number of fused-ring (bicyclic) bond motifs is 2. The van der Waals surface area contributed by atoms with Crippen molar-refractivity contribution in [3.63, 3.8) is 0 Å². The number of rotatable bonds is 8. The highest BCUT2D eigenvalue weighted by Gasteiger charge is 2.33. The van der Waals surface area contributed by atoms with Crippen LogP contribution in [0, 0.1) is 25.5 Å². The van der Waals surface area contributed by atoms with Crippen molar-refractivity contribution in [3.8, 4) is 17.2 Å². The van der Waals surface area contributed by atoms with Gasteiger partial charge in [0.2, 0.25) is 0 Å². The summed E-state index contributed by atoms with van der Waals surface area (Å²) in [5, 5.41) is 29.6. The molecule has 0 aliphatic heterocycles. The standard InChI is InChI=1S/C23H21F4NO4.C19H13F4NO4/c1-3-4-5-15(22(31)32)20-12(2)28(18-11-17(24)19(29)10-16(18)20)21(30)13-6-8-14(9-7-13)23(25,26)27;1-9-17(28-10(2)25)13-7-16(26)14(20)8-15(13)24(9)18(27)11-3-5-12(6-4-11)19(21,22)23/h6-11,15,29H,3-5H2,1-2H3,(H,31,32);3-8,26H,1-2H3. The summed E-state index contributed by atoms with van der Waals surface area (Å²) in [5.74, 6) is -7.82. The minimum Gasteiger partial charge on any atom is -0.505 e. The fourth-order valence-corrected chi connectivity index (χ4v) is 6.74. The van der Waals surface area contributed by atoms with Crippen LogP contribution >= 0.6 is 0 Å². The Kier molecular flexibility index (Phi) is 12.5. The van der Waals surface area contributed by atoms with E-state index in [9.17, 15) is 69.6 Å². The summed E-state index contributed by atoms with van der Waals surface area (Å²) in [7, 11) is 0. The number of esters is 1. The highest BCUT2D eigenvalue weighted by molar-refractivity contribution is 6.07. The Balaban J connectivity index is 0.000000230. The molecule has 0 aliphatic rings. The molecule has 2 heterocycles. The zero-order valence-electron chi connectivity index (χ0n) is 31.9. The Morgan fingerprint density at radius 1 is 0.683 bits per heavy atom. The number of carboxylic acid groups (broad SMARTS) is 1. The Hall–Kier alpha value is -6.72. The van der Waals surface area contributed by atoms with Gasteiger partial charge < -0.3 is 20.1 Å². The number of carbonyl (C=O) groups excluding carboxylic acids is 3. The van der Waals surface area contributed by atoms with E-state index in [1.165, 1.54) is 13.8 Å². The third-order valence-corrected chi connectivity index (χ3v) is 9.60. The van der Waals surface area contributed by atoms with Crippen LogP contribution < -0.4 is 4.74 Å². The summed E-state index contributed by atoms with van der Waals surface area (Å²) < 4.78 is 112. The fraction of sp³-hybridized carbons (Fsp3) is 0.238. The summed E-state index contributed by atoms with van der Waals surface area (Å²) >= 11 is 0. The second-order valence-electron chi connectivity index (χ2n) is 13.6. The maximum atomic E-state index is 14.2. The first-order valence-electron chi connectivity index (χ1n) is 17.9. The number of aromatic hydroxyl groups is 2. The van der Waals surface area contributed by atoms with Crippen molar-refractivity contribution in [2.75, 3.05) is 0 Å². The van der Waals surface area contributed by atoms with E-state index in [4.69, 9.17) is 4.74 Å². The average molecular weight is 847 g/mol. The van der Waals surface area contributed by atoms with Gasteiger partial charge in [0.25, 0.3) is 11.8 Å². The number of unbranched alkanes of at least 4 members (excludes halogenated alkanes) is 1. The maximum absolute atomic E-state index is 14.2. The fourth-order valence-electron chi connectivity index (χ4n) is 6.74. The van der Waals surface area contributed by atoms with Crippen molar-refractivity contribution in [3.05, 3.63) is 124 Å². The van der Waals surface area contributed by atoms with E-state index in [1.807, 2.05) is 6.92 Å². The molecule has 0 bridgehead atoms. The lowest BCUT2D eigenvalue weighted by atomic mass is 9.91. The van der Waals surface area contributed by atoms with Gasteiger partial charge in [0.1, 0.15) is 0 Å². The minimum atomic E-state index is -4.57.